The van der Waals surface area contributed by atoms with E-state index in [-0.39, 0.29) is 5.92 Å². The summed E-state index contributed by atoms with van der Waals surface area (Å²) in [4.78, 5) is 12.2. The van der Waals surface area contributed by atoms with Crippen molar-refractivity contribution in [2.24, 2.45) is 5.92 Å². The Morgan fingerprint density at radius 3 is 2.24 bits per heavy atom. The van der Waals surface area contributed by atoms with Gasteiger partial charge in [-0.05, 0) is 46.0 Å². The quantitative estimate of drug-likeness (QED) is 0.659. The topological polar surface area (TPSA) is 102 Å². The number of hydrogen-bond acceptors (Lipinski definition) is 6. The molecule has 0 bridgehead atoms. The Morgan fingerprint density at radius 1 is 1.24 bits per heavy atom. The van der Waals surface area contributed by atoms with E-state index in [0.29, 0.717) is 6.42 Å². The molecule has 0 aliphatic heterocycles. The normalized spacial score (nSPS) is 20.6. The number of amides is 1. The molecule has 3 atom stereocenters. The first kappa shape index (κ1) is 22.2. The summed E-state index contributed by atoms with van der Waals surface area (Å²) in [7, 11) is -3.73. The smallest absolute Gasteiger partial charge is 0.408 e. The van der Waals surface area contributed by atoms with Crippen LogP contribution in [0.25, 0.3) is 0 Å². The molecule has 1 amide bonds. The largest absolute Gasteiger partial charge is 0.444 e. The van der Waals surface area contributed by atoms with Crippen molar-refractivity contribution in [2.75, 3.05) is 6.26 Å². The van der Waals surface area contributed by atoms with Crippen molar-refractivity contribution in [2.45, 2.75) is 90.1 Å². The molecule has 0 spiro atoms. The predicted molar refractivity (Wildman–Crippen MR) is 95.7 cm³/mol. The lowest BCUT2D eigenvalue weighted by molar-refractivity contribution is 0.000174. The van der Waals surface area contributed by atoms with E-state index in [1.54, 1.807) is 27.7 Å². The maximum atomic E-state index is 12.2. The molecule has 0 aromatic heterocycles. The highest BCUT2D eigenvalue weighted by Gasteiger charge is 2.39. The van der Waals surface area contributed by atoms with Gasteiger partial charge in [0.1, 0.15) is 11.7 Å². The van der Waals surface area contributed by atoms with Crippen molar-refractivity contribution >= 4 is 16.2 Å². The number of aliphatic hydroxyl groups excluding tert-OH is 1. The van der Waals surface area contributed by atoms with Crippen LogP contribution in [-0.4, -0.2) is 49.7 Å². The lowest BCUT2D eigenvalue weighted by Crippen LogP contribution is -2.55. The maximum Gasteiger partial charge on any atom is 0.408 e. The number of alkyl carbamates (subject to hydrolysis) is 1. The molecule has 1 unspecified atom stereocenters. The third-order valence-electron chi connectivity index (χ3n) is 4.27. The molecule has 8 heteroatoms. The van der Waals surface area contributed by atoms with Crippen LogP contribution in [0.4, 0.5) is 4.79 Å². The second-order valence-corrected chi connectivity index (χ2v) is 9.41. The standard InChI is InChI=1S/C17H33NO6S/c1-6-13(19)14(18-16(20)23-17(2,3)4)15(24-25(5,21)22)12-10-8-7-9-11-12/h12-15,19H,6-11H2,1-5H3,(H,18,20)/t13-,14-,15?/m0/s1. The van der Waals surface area contributed by atoms with Gasteiger partial charge in [-0.15, -0.1) is 0 Å². The van der Waals surface area contributed by atoms with Gasteiger partial charge in [-0.25, -0.2) is 4.79 Å². The molecule has 0 saturated heterocycles. The van der Waals surface area contributed by atoms with E-state index in [2.05, 4.69) is 5.32 Å². The van der Waals surface area contributed by atoms with Crippen LogP contribution in [0.1, 0.15) is 66.2 Å². The highest BCUT2D eigenvalue weighted by atomic mass is 32.2. The lowest BCUT2D eigenvalue weighted by atomic mass is 9.81. The van der Waals surface area contributed by atoms with Crippen LogP contribution in [0.5, 0.6) is 0 Å². The summed E-state index contributed by atoms with van der Waals surface area (Å²) in [6.07, 6.45) is 3.60. The van der Waals surface area contributed by atoms with E-state index in [1.165, 1.54) is 0 Å². The van der Waals surface area contributed by atoms with E-state index >= 15 is 0 Å². The number of nitrogens with one attached hydrogen (secondary N) is 1. The highest BCUT2D eigenvalue weighted by Crippen LogP contribution is 2.31. The van der Waals surface area contributed by atoms with Crippen molar-refractivity contribution in [1.82, 2.24) is 5.32 Å². The number of carbonyl (C=O) groups is 1. The van der Waals surface area contributed by atoms with Gasteiger partial charge in [0.2, 0.25) is 0 Å². The first-order chi connectivity index (χ1) is 11.4. The van der Waals surface area contributed by atoms with Crippen molar-refractivity contribution in [3.05, 3.63) is 0 Å². The Labute approximate surface area is 151 Å². The Hall–Kier alpha value is -0.860. The molecule has 0 heterocycles. The fourth-order valence-electron chi connectivity index (χ4n) is 3.19. The van der Waals surface area contributed by atoms with Crippen LogP contribution in [0, 0.1) is 5.92 Å². The number of hydrogen-bond donors (Lipinski definition) is 2. The van der Waals surface area contributed by atoms with E-state index in [4.69, 9.17) is 8.92 Å². The summed E-state index contributed by atoms with van der Waals surface area (Å²) in [5.74, 6) is -0.0374. The maximum absolute atomic E-state index is 12.2. The Bertz CT molecular complexity index is 522. The fourth-order valence-corrected chi connectivity index (χ4v) is 3.87. The zero-order chi connectivity index (χ0) is 19.3. The van der Waals surface area contributed by atoms with Crippen LogP contribution in [0.3, 0.4) is 0 Å². The van der Waals surface area contributed by atoms with E-state index in [1.807, 2.05) is 0 Å². The van der Waals surface area contributed by atoms with Crippen molar-refractivity contribution < 1.29 is 27.2 Å². The van der Waals surface area contributed by atoms with Gasteiger partial charge in [0.05, 0.1) is 18.4 Å². The first-order valence-corrected chi connectivity index (χ1v) is 10.8. The summed E-state index contributed by atoms with van der Waals surface area (Å²) < 4.78 is 34.1. The van der Waals surface area contributed by atoms with Gasteiger partial charge < -0.3 is 15.2 Å². The lowest BCUT2D eigenvalue weighted by Gasteiger charge is -2.37. The predicted octanol–water partition coefficient (Wildman–Crippen LogP) is 2.58. The second kappa shape index (κ2) is 9.19. The van der Waals surface area contributed by atoms with Crippen LogP contribution < -0.4 is 5.32 Å². The Balaban J connectivity index is 3.03. The van der Waals surface area contributed by atoms with Gasteiger partial charge >= 0.3 is 6.09 Å². The summed E-state index contributed by atoms with van der Waals surface area (Å²) in [5.41, 5.74) is -0.691. The number of carbonyl (C=O) groups excluding carboxylic acids is 1. The number of rotatable bonds is 7. The number of ether oxygens (including phenoxy) is 1. The molecule has 0 aromatic carbocycles. The first-order valence-electron chi connectivity index (χ1n) is 8.99. The van der Waals surface area contributed by atoms with Crippen LogP contribution in [0.2, 0.25) is 0 Å². The van der Waals surface area contributed by atoms with Gasteiger partial charge in [-0.3, -0.25) is 4.18 Å². The molecule has 1 aliphatic carbocycles. The molecular weight excluding hydrogens is 346 g/mol. The van der Waals surface area contributed by atoms with Crippen molar-refractivity contribution in [1.29, 1.82) is 0 Å². The minimum absolute atomic E-state index is 0.0374. The highest BCUT2D eigenvalue weighted by molar-refractivity contribution is 7.86. The zero-order valence-corrected chi connectivity index (χ0v) is 16.8. The van der Waals surface area contributed by atoms with E-state index in [9.17, 15) is 18.3 Å². The van der Waals surface area contributed by atoms with Gasteiger partial charge in [0, 0.05) is 0 Å². The van der Waals surface area contributed by atoms with E-state index in [0.717, 1.165) is 38.4 Å². The Morgan fingerprint density at radius 2 is 1.80 bits per heavy atom. The van der Waals surface area contributed by atoms with Gasteiger partial charge in [0.15, 0.2) is 0 Å². The molecule has 1 saturated carbocycles. The zero-order valence-electron chi connectivity index (χ0n) is 15.9. The molecule has 1 aliphatic rings. The summed E-state index contributed by atoms with van der Waals surface area (Å²) in [6, 6.07) is -0.849. The SMILES string of the molecule is CC[C@H](O)[C@H](NC(=O)OC(C)(C)C)C(OS(C)(=O)=O)C1CCCCC1. The van der Waals surface area contributed by atoms with Crippen LogP contribution >= 0.6 is 0 Å². The van der Waals surface area contributed by atoms with Crippen molar-refractivity contribution in [3.63, 3.8) is 0 Å². The third-order valence-corrected chi connectivity index (χ3v) is 4.84. The summed E-state index contributed by atoms with van der Waals surface area (Å²) >= 11 is 0. The molecule has 1 rings (SSSR count). The van der Waals surface area contributed by atoms with Gasteiger partial charge in [-0.2, -0.15) is 8.42 Å². The molecule has 7 nitrogen and oxygen atoms in total. The minimum Gasteiger partial charge on any atom is -0.444 e. The molecule has 148 valence electrons. The average Bonchev–Trinajstić information content (AvgIpc) is 2.48. The Kier molecular flexibility index (Phi) is 8.15. The van der Waals surface area contributed by atoms with Crippen LogP contribution in [0.15, 0.2) is 0 Å². The van der Waals surface area contributed by atoms with Gasteiger partial charge in [-0.1, -0.05) is 26.2 Å². The fraction of sp³-hybridized carbons (Fsp3) is 0.941. The average molecular weight is 380 g/mol. The second-order valence-electron chi connectivity index (χ2n) is 7.81. The molecular formula is C17H33NO6S. The molecule has 2 N–H and O–H groups in total. The molecule has 1 fully saturated rings. The molecule has 0 radical (unpaired) electrons. The van der Waals surface area contributed by atoms with Crippen LogP contribution in [-0.2, 0) is 19.0 Å². The molecule has 0 aromatic rings. The minimum atomic E-state index is -3.73. The van der Waals surface area contributed by atoms with Crippen molar-refractivity contribution in [3.8, 4) is 0 Å². The summed E-state index contributed by atoms with van der Waals surface area (Å²) in [5, 5.41) is 13.1. The monoisotopic (exact) mass is 379 g/mol. The number of aliphatic hydroxyl groups is 1. The van der Waals surface area contributed by atoms with E-state index < -0.39 is 40.1 Å². The summed E-state index contributed by atoms with van der Waals surface area (Å²) in [6.45, 7) is 6.99. The third kappa shape index (κ3) is 8.37. The van der Waals surface area contributed by atoms with Gasteiger partial charge in [0.25, 0.3) is 10.1 Å². The molecule has 25 heavy (non-hydrogen) atoms.